The van der Waals surface area contributed by atoms with Crippen molar-refractivity contribution in [2.24, 2.45) is 10.7 Å². The van der Waals surface area contributed by atoms with E-state index in [1.807, 2.05) is 27.7 Å². The maximum Gasteiger partial charge on any atom is 0.308 e. The minimum atomic E-state index is -0.566. The van der Waals surface area contributed by atoms with Crippen LogP contribution in [0.2, 0.25) is 0 Å². The molecule has 0 saturated heterocycles. The zero-order valence-electron chi connectivity index (χ0n) is 20.8. The first-order valence-electron chi connectivity index (χ1n) is 11.7. The number of carbonyl (C=O) groups excluding carboxylic acids is 1. The second-order valence-corrected chi connectivity index (χ2v) is 11.0. The van der Waals surface area contributed by atoms with Crippen molar-refractivity contribution in [1.29, 1.82) is 0 Å². The average Bonchev–Trinajstić information content (AvgIpc) is 3.24. The Labute approximate surface area is 205 Å². The molecule has 7 nitrogen and oxygen atoms in total. The molecule has 180 valence electrons. The number of nitrogens with two attached hydrogens (primary N) is 1. The normalized spacial score (nSPS) is 15.4. The Kier molecular flexibility index (Phi) is 6.73. The van der Waals surface area contributed by atoms with Gasteiger partial charge in [0.2, 0.25) is 0 Å². The number of rotatable bonds is 6. The van der Waals surface area contributed by atoms with Crippen LogP contribution in [0.15, 0.2) is 29.3 Å². The van der Waals surface area contributed by atoms with E-state index in [1.54, 1.807) is 11.3 Å². The number of aromatic nitrogens is 3. The van der Waals surface area contributed by atoms with E-state index < -0.39 is 11.6 Å². The van der Waals surface area contributed by atoms with Crippen molar-refractivity contribution in [2.75, 3.05) is 6.54 Å². The fourth-order valence-corrected chi connectivity index (χ4v) is 5.42. The summed E-state index contributed by atoms with van der Waals surface area (Å²) >= 11 is 1.71. The first-order valence-corrected chi connectivity index (χ1v) is 12.5. The molecule has 8 heteroatoms. The minimum Gasteiger partial charge on any atom is -0.460 e. The van der Waals surface area contributed by atoms with Gasteiger partial charge in [-0.05, 0) is 72.1 Å². The summed E-state index contributed by atoms with van der Waals surface area (Å²) < 4.78 is 7.68. The summed E-state index contributed by atoms with van der Waals surface area (Å²) in [4.78, 5) is 19.2. The molecule has 1 aromatic carbocycles. The van der Waals surface area contributed by atoms with Gasteiger partial charge in [0.1, 0.15) is 22.5 Å². The van der Waals surface area contributed by atoms with E-state index in [0.29, 0.717) is 12.4 Å². The van der Waals surface area contributed by atoms with E-state index in [2.05, 4.69) is 52.9 Å². The fraction of sp³-hybridized carbons (Fsp3) is 0.462. The number of benzene rings is 1. The molecule has 1 unspecified atom stereocenters. The smallest absolute Gasteiger partial charge is 0.308 e. The molecule has 0 fully saturated rings. The number of hydrogen-bond acceptors (Lipinski definition) is 7. The molecule has 0 radical (unpaired) electrons. The predicted molar refractivity (Wildman–Crippen MR) is 136 cm³/mol. The highest BCUT2D eigenvalue weighted by Crippen LogP contribution is 2.39. The van der Waals surface area contributed by atoms with Gasteiger partial charge >= 0.3 is 5.97 Å². The summed E-state index contributed by atoms with van der Waals surface area (Å²) in [5, 5.41) is 9.84. The van der Waals surface area contributed by atoms with E-state index in [9.17, 15) is 4.79 Å². The van der Waals surface area contributed by atoms with E-state index in [1.165, 1.54) is 16.0 Å². The topological polar surface area (TPSA) is 95.4 Å². The number of fused-ring (bicyclic) bond motifs is 3. The molecule has 0 saturated carbocycles. The number of thiophene rings is 1. The van der Waals surface area contributed by atoms with Crippen LogP contribution in [-0.4, -0.2) is 38.6 Å². The number of aryl methyl sites for hydroxylation is 3. The van der Waals surface area contributed by atoms with Crippen molar-refractivity contribution < 1.29 is 9.53 Å². The van der Waals surface area contributed by atoms with E-state index in [-0.39, 0.29) is 12.4 Å². The van der Waals surface area contributed by atoms with Crippen LogP contribution in [0.25, 0.3) is 5.00 Å². The monoisotopic (exact) mass is 479 g/mol. The highest BCUT2D eigenvalue weighted by Gasteiger charge is 2.33. The van der Waals surface area contributed by atoms with Crippen LogP contribution in [0.1, 0.15) is 78.4 Å². The Morgan fingerprint density at radius 1 is 1.15 bits per heavy atom. The SMILES string of the molecule is Cc1sc2c(c1C)C(c1ccc(CCCN)cc1)=NC(CC(=O)OC(C)(C)C)c1nnc(C)n1-2. The van der Waals surface area contributed by atoms with Crippen molar-refractivity contribution >= 4 is 23.0 Å². The Morgan fingerprint density at radius 2 is 1.85 bits per heavy atom. The second kappa shape index (κ2) is 9.43. The molecule has 0 aliphatic carbocycles. The first kappa shape index (κ1) is 24.3. The van der Waals surface area contributed by atoms with Crippen LogP contribution in [0.4, 0.5) is 0 Å². The van der Waals surface area contributed by atoms with Gasteiger partial charge in [-0.2, -0.15) is 0 Å². The molecule has 1 aliphatic rings. The highest BCUT2D eigenvalue weighted by molar-refractivity contribution is 7.15. The molecule has 0 amide bonds. The Bertz CT molecular complexity index is 1230. The maximum absolute atomic E-state index is 12.8. The van der Waals surface area contributed by atoms with E-state index >= 15 is 0 Å². The number of nitrogens with zero attached hydrogens (tertiary/aromatic N) is 4. The largest absolute Gasteiger partial charge is 0.460 e. The molecule has 2 aromatic heterocycles. The van der Waals surface area contributed by atoms with E-state index in [4.69, 9.17) is 15.5 Å². The number of esters is 1. The van der Waals surface area contributed by atoms with Crippen LogP contribution in [-0.2, 0) is 16.0 Å². The van der Waals surface area contributed by atoms with Crippen molar-refractivity contribution in [2.45, 2.75) is 72.4 Å². The molecule has 4 rings (SSSR count). The summed E-state index contributed by atoms with van der Waals surface area (Å²) in [6, 6.07) is 8.01. The molecule has 2 N–H and O–H groups in total. The van der Waals surface area contributed by atoms with Crippen LogP contribution < -0.4 is 5.73 Å². The summed E-state index contributed by atoms with van der Waals surface area (Å²) in [7, 11) is 0. The summed E-state index contributed by atoms with van der Waals surface area (Å²) in [6.45, 7) is 12.5. The third-order valence-corrected chi connectivity index (χ3v) is 7.11. The zero-order chi connectivity index (χ0) is 24.6. The second-order valence-electron chi connectivity index (χ2n) is 9.78. The molecule has 1 atom stereocenters. The van der Waals surface area contributed by atoms with Gasteiger partial charge in [-0.25, -0.2) is 0 Å². The number of ether oxygens (including phenoxy) is 1. The number of aliphatic imine (C=N–C) groups is 1. The van der Waals surface area contributed by atoms with E-state index in [0.717, 1.165) is 40.5 Å². The zero-order valence-corrected chi connectivity index (χ0v) is 21.6. The van der Waals surface area contributed by atoms with Gasteiger partial charge in [0.15, 0.2) is 5.82 Å². The Balaban J connectivity index is 1.84. The standard InChI is InChI=1S/C26H33N5O2S/c1-15-16(2)34-25-22(15)23(19-11-9-18(10-12-19)8-7-13-27)28-20(14-21(32)33-26(4,5)6)24-30-29-17(3)31(24)25/h9-12,20H,7-8,13-14,27H2,1-6H3. The summed E-state index contributed by atoms with van der Waals surface area (Å²) in [5.41, 5.74) is 10.5. The van der Waals surface area contributed by atoms with Gasteiger partial charge in [-0.3, -0.25) is 14.4 Å². The summed E-state index contributed by atoms with van der Waals surface area (Å²) in [6.07, 6.45) is 2.01. The molecule has 0 spiro atoms. The molecule has 3 aromatic rings. The third kappa shape index (κ3) is 4.83. The molecular formula is C26H33N5O2S. The van der Waals surface area contributed by atoms with Gasteiger partial charge < -0.3 is 10.5 Å². The Hall–Kier alpha value is -2.84. The van der Waals surface area contributed by atoms with Gasteiger partial charge in [0.05, 0.1) is 12.1 Å². The first-order chi connectivity index (χ1) is 16.1. The lowest BCUT2D eigenvalue weighted by atomic mass is 9.98. The molecule has 3 heterocycles. The molecular weight excluding hydrogens is 446 g/mol. The number of carbonyl (C=O) groups is 1. The highest BCUT2D eigenvalue weighted by atomic mass is 32.1. The lowest BCUT2D eigenvalue weighted by Gasteiger charge is -2.21. The van der Waals surface area contributed by atoms with Crippen molar-refractivity contribution in [3.05, 3.63) is 63.0 Å². The van der Waals surface area contributed by atoms with Crippen LogP contribution in [0, 0.1) is 20.8 Å². The molecule has 1 aliphatic heterocycles. The molecule has 0 bridgehead atoms. The van der Waals surface area contributed by atoms with Gasteiger partial charge in [-0.1, -0.05) is 24.3 Å². The van der Waals surface area contributed by atoms with Crippen molar-refractivity contribution in [3.8, 4) is 5.00 Å². The average molecular weight is 480 g/mol. The predicted octanol–water partition coefficient (Wildman–Crippen LogP) is 4.77. The Morgan fingerprint density at radius 3 is 2.50 bits per heavy atom. The maximum atomic E-state index is 12.8. The summed E-state index contributed by atoms with van der Waals surface area (Å²) in [5.74, 6) is 1.14. The lowest BCUT2D eigenvalue weighted by Crippen LogP contribution is -2.25. The van der Waals surface area contributed by atoms with Crippen LogP contribution in [0.5, 0.6) is 0 Å². The third-order valence-electron chi connectivity index (χ3n) is 5.92. The van der Waals surface area contributed by atoms with Crippen molar-refractivity contribution in [1.82, 2.24) is 14.8 Å². The van der Waals surface area contributed by atoms with Crippen LogP contribution in [0.3, 0.4) is 0 Å². The van der Waals surface area contributed by atoms with Crippen LogP contribution >= 0.6 is 11.3 Å². The fourth-order valence-electron chi connectivity index (χ4n) is 4.20. The van der Waals surface area contributed by atoms with Gasteiger partial charge in [-0.15, -0.1) is 21.5 Å². The van der Waals surface area contributed by atoms with Gasteiger partial charge in [0.25, 0.3) is 0 Å². The quantitative estimate of drug-likeness (QED) is 0.514. The number of hydrogen-bond donors (Lipinski definition) is 1. The molecule has 34 heavy (non-hydrogen) atoms. The minimum absolute atomic E-state index is 0.0977. The van der Waals surface area contributed by atoms with Crippen molar-refractivity contribution in [3.63, 3.8) is 0 Å². The lowest BCUT2D eigenvalue weighted by molar-refractivity contribution is -0.155. The van der Waals surface area contributed by atoms with Gasteiger partial charge in [0, 0.05) is 16.0 Å².